The average molecular weight is 311 g/mol. The molecule has 8 heteroatoms. The molecule has 8 nitrogen and oxygen atoms in total. The van der Waals surface area contributed by atoms with Gasteiger partial charge in [-0.05, 0) is 12.0 Å². The second-order valence-electron chi connectivity index (χ2n) is 4.61. The number of carbonyl (C=O) groups excluding carboxylic acids is 2. The van der Waals surface area contributed by atoms with Gasteiger partial charge in [-0.25, -0.2) is 4.79 Å². The Morgan fingerprint density at radius 1 is 1.36 bits per heavy atom. The standard InChI is InChI=1S/C14H21N3O5/c1-3-9(4-2)8-21-12-6-5-10(18)13(17-12)22-14(20)16-11(19)7-15/h5-6,9,18H,3-4,7-8,15H2,1-2H3,(H,16,19,20). The number of imide groups is 1. The Hall–Kier alpha value is -2.35. The van der Waals surface area contributed by atoms with Crippen LogP contribution in [0.3, 0.4) is 0 Å². The number of nitrogens with one attached hydrogen (secondary N) is 1. The molecular formula is C14H21N3O5. The molecule has 0 fully saturated rings. The third kappa shape index (κ3) is 5.57. The van der Waals surface area contributed by atoms with Crippen LogP contribution in [0.15, 0.2) is 12.1 Å². The lowest BCUT2D eigenvalue weighted by Crippen LogP contribution is -2.37. The first-order valence-electron chi connectivity index (χ1n) is 7.04. The fourth-order valence-electron chi connectivity index (χ4n) is 1.58. The molecule has 22 heavy (non-hydrogen) atoms. The van der Waals surface area contributed by atoms with E-state index in [0.29, 0.717) is 12.5 Å². The number of aromatic nitrogens is 1. The van der Waals surface area contributed by atoms with Crippen molar-refractivity contribution < 1.29 is 24.2 Å². The molecule has 0 unspecified atom stereocenters. The zero-order valence-corrected chi connectivity index (χ0v) is 12.7. The molecule has 0 spiro atoms. The van der Waals surface area contributed by atoms with Crippen molar-refractivity contribution in [3.8, 4) is 17.5 Å². The lowest BCUT2D eigenvalue weighted by atomic mass is 10.1. The molecule has 0 aliphatic carbocycles. The number of pyridine rings is 1. The minimum absolute atomic E-state index is 0.220. The van der Waals surface area contributed by atoms with Gasteiger partial charge in [-0.2, -0.15) is 4.98 Å². The molecule has 1 heterocycles. The van der Waals surface area contributed by atoms with E-state index < -0.39 is 12.0 Å². The molecule has 0 saturated carbocycles. The van der Waals surface area contributed by atoms with Gasteiger partial charge < -0.3 is 20.3 Å². The number of amides is 2. The summed E-state index contributed by atoms with van der Waals surface area (Å²) in [5.74, 6) is -0.775. The maximum atomic E-state index is 11.4. The third-order valence-electron chi connectivity index (χ3n) is 3.05. The summed E-state index contributed by atoms with van der Waals surface area (Å²) in [7, 11) is 0. The molecule has 0 atom stereocenters. The van der Waals surface area contributed by atoms with Gasteiger partial charge in [-0.15, -0.1) is 0 Å². The quantitative estimate of drug-likeness (QED) is 0.690. The van der Waals surface area contributed by atoms with Crippen LogP contribution in [0, 0.1) is 5.92 Å². The van der Waals surface area contributed by atoms with E-state index in [1.54, 1.807) is 0 Å². The summed E-state index contributed by atoms with van der Waals surface area (Å²) in [5, 5.41) is 11.5. The van der Waals surface area contributed by atoms with Crippen molar-refractivity contribution >= 4 is 12.0 Å². The van der Waals surface area contributed by atoms with E-state index in [-0.39, 0.29) is 24.1 Å². The Morgan fingerprint density at radius 3 is 2.64 bits per heavy atom. The number of carbonyl (C=O) groups is 2. The molecule has 2 amide bonds. The van der Waals surface area contributed by atoms with Crippen LogP contribution in [0.25, 0.3) is 0 Å². The molecular weight excluding hydrogens is 290 g/mol. The molecule has 4 N–H and O–H groups in total. The highest BCUT2D eigenvalue weighted by Gasteiger charge is 2.14. The number of hydrogen-bond acceptors (Lipinski definition) is 7. The number of nitrogens with zero attached hydrogens (tertiary/aromatic N) is 1. The van der Waals surface area contributed by atoms with E-state index in [9.17, 15) is 14.7 Å². The topological polar surface area (TPSA) is 124 Å². The molecule has 1 aromatic heterocycles. The monoisotopic (exact) mass is 311 g/mol. The maximum absolute atomic E-state index is 11.4. The zero-order valence-electron chi connectivity index (χ0n) is 12.7. The van der Waals surface area contributed by atoms with Gasteiger partial charge in [-0.3, -0.25) is 10.1 Å². The summed E-state index contributed by atoms with van der Waals surface area (Å²) in [6.45, 7) is 4.25. The highest BCUT2D eigenvalue weighted by atomic mass is 16.6. The van der Waals surface area contributed by atoms with Gasteiger partial charge in [0.25, 0.3) is 5.88 Å². The van der Waals surface area contributed by atoms with Gasteiger partial charge >= 0.3 is 6.09 Å². The lowest BCUT2D eigenvalue weighted by molar-refractivity contribution is -0.118. The molecule has 1 rings (SSSR count). The summed E-state index contributed by atoms with van der Waals surface area (Å²) in [5.41, 5.74) is 5.06. The molecule has 0 aliphatic rings. The maximum Gasteiger partial charge on any atom is 0.420 e. The fourth-order valence-corrected chi connectivity index (χ4v) is 1.58. The van der Waals surface area contributed by atoms with E-state index in [1.807, 2.05) is 5.32 Å². The average Bonchev–Trinajstić information content (AvgIpc) is 2.51. The van der Waals surface area contributed by atoms with Crippen LogP contribution >= 0.6 is 0 Å². The van der Waals surface area contributed by atoms with Crippen LogP contribution in [-0.4, -0.2) is 35.2 Å². The summed E-state index contributed by atoms with van der Waals surface area (Å²) in [6, 6.07) is 2.76. The van der Waals surface area contributed by atoms with E-state index in [2.05, 4.69) is 18.8 Å². The Labute approximate surface area is 128 Å². The molecule has 0 bridgehead atoms. The van der Waals surface area contributed by atoms with Crippen LogP contribution in [-0.2, 0) is 4.79 Å². The van der Waals surface area contributed by atoms with Crippen molar-refractivity contribution in [2.75, 3.05) is 13.2 Å². The fraction of sp³-hybridized carbons (Fsp3) is 0.500. The third-order valence-corrected chi connectivity index (χ3v) is 3.05. The molecule has 0 radical (unpaired) electrons. The van der Waals surface area contributed by atoms with Crippen LogP contribution in [0.4, 0.5) is 4.79 Å². The summed E-state index contributed by atoms with van der Waals surface area (Å²) >= 11 is 0. The summed E-state index contributed by atoms with van der Waals surface area (Å²) in [4.78, 5) is 26.3. The lowest BCUT2D eigenvalue weighted by Gasteiger charge is -2.13. The van der Waals surface area contributed by atoms with Crippen molar-refractivity contribution in [2.45, 2.75) is 26.7 Å². The predicted octanol–water partition coefficient (Wildman–Crippen LogP) is 1.18. The molecule has 122 valence electrons. The largest absolute Gasteiger partial charge is 0.503 e. The zero-order chi connectivity index (χ0) is 16.5. The second kappa shape index (κ2) is 8.83. The molecule has 0 saturated heterocycles. The van der Waals surface area contributed by atoms with Gasteiger partial charge in [-0.1, -0.05) is 26.7 Å². The Balaban J connectivity index is 2.69. The van der Waals surface area contributed by atoms with E-state index in [4.69, 9.17) is 15.2 Å². The van der Waals surface area contributed by atoms with Gasteiger partial charge in [0.2, 0.25) is 11.8 Å². The van der Waals surface area contributed by atoms with Gasteiger partial charge in [0.1, 0.15) is 0 Å². The number of ether oxygens (including phenoxy) is 2. The first-order valence-corrected chi connectivity index (χ1v) is 7.04. The first kappa shape index (κ1) is 17.7. The first-order chi connectivity index (χ1) is 10.5. The SMILES string of the molecule is CCC(CC)COc1ccc(O)c(OC(=O)NC(=O)CN)n1. The highest BCUT2D eigenvalue weighted by molar-refractivity contribution is 5.93. The van der Waals surface area contributed by atoms with Crippen LogP contribution in [0.2, 0.25) is 0 Å². The van der Waals surface area contributed by atoms with E-state index >= 15 is 0 Å². The van der Waals surface area contributed by atoms with Crippen LogP contribution in [0.5, 0.6) is 17.5 Å². The predicted molar refractivity (Wildman–Crippen MR) is 78.7 cm³/mol. The van der Waals surface area contributed by atoms with Crippen molar-refractivity contribution in [2.24, 2.45) is 11.7 Å². The second-order valence-corrected chi connectivity index (χ2v) is 4.61. The van der Waals surface area contributed by atoms with E-state index in [0.717, 1.165) is 12.8 Å². The summed E-state index contributed by atoms with van der Waals surface area (Å²) < 4.78 is 10.3. The molecule has 0 aromatic carbocycles. The smallest absolute Gasteiger partial charge is 0.420 e. The Bertz CT molecular complexity index is 517. The minimum atomic E-state index is -1.07. The number of rotatable bonds is 7. The Morgan fingerprint density at radius 2 is 2.05 bits per heavy atom. The van der Waals surface area contributed by atoms with Gasteiger partial charge in [0.15, 0.2) is 5.75 Å². The summed E-state index contributed by atoms with van der Waals surface area (Å²) in [6.07, 6.45) is 0.874. The van der Waals surface area contributed by atoms with Gasteiger partial charge in [0, 0.05) is 6.07 Å². The van der Waals surface area contributed by atoms with Crippen LogP contribution in [0.1, 0.15) is 26.7 Å². The van der Waals surface area contributed by atoms with Crippen molar-refractivity contribution in [3.05, 3.63) is 12.1 Å². The number of hydrogen-bond donors (Lipinski definition) is 3. The molecule has 1 aromatic rings. The van der Waals surface area contributed by atoms with Crippen molar-refractivity contribution in [1.82, 2.24) is 10.3 Å². The Kier molecular flexibility index (Phi) is 7.11. The molecule has 0 aliphatic heterocycles. The number of aromatic hydroxyl groups is 1. The van der Waals surface area contributed by atoms with Crippen molar-refractivity contribution in [3.63, 3.8) is 0 Å². The van der Waals surface area contributed by atoms with Crippen molar-refractivity contribution in [1.29, 1.82) is 0 Å². The minimum Gasteiger partial charge on any atom is -0.503 e. The normalized spacial score (nSPS) is 10.4. The van der Waals surface area contributed by atoms with Gasteiger partial charge in [0.05, 0.1) is 13.2 Å². The number of nitrogens with two attached hydrogens (primary N) is 1. The van der Waals surface area contributed by atoms with E-state index in [1.165, 1.54) is 12.1 Å². The van der Waals surface area contributed by atoms with Crippen LogP contribution < -0.4 is 20.5 Å². The highest BCUT2D eigenvalue weighted by Crippen LogP contribution is 2.26.